The third-order valence-electron chi connectivity index (χ3n) is 7.32. The number of benzene rings is 4. The van der Waals surface area contributed by atoms with E-state index >= 15 is 0 Å². The van der Waals surface area contributed by atoms with Crippen LogP contribution in [0.15, 0.2) is 130 Å². The predicted molar refractivity (Wildman–Crippen MR) is 179 cm³/mol. The lowest BCUT2D eigenvalue weighted by atomic mass is 10.1. The van der Waals surface area contributed by atoms with Gasteiger partial charge in [0, 0.05) is 47.6 Å². The number of carbonyl (C=O) groups is 1. The molecule has 2 heterocycles. The molecule has 0 spiro atoms. The summed E-state index contributed by atoms with van der Waals surface area (Å²) >= 11 is 1.27. The van der Waals surface area contributed by atoms with E-state index in [2.05, 4.69) is 20.3 Å². The molecular weight excluding hydrogens is 674 g/mol. The Morgan fingerprint density at radius 2 is 1.62 bits per heavy atom. The highest BCUT2D eigenvalue weighted by atomic mass is 32.2. The van der Waals surface area contributed by atoms with Crippen LogP contribution in [0.25, 0.3) is 5.69 Å². The van der Waals surface area contributed by atoms with Gasteiger partial charge in [0.1, 0.15) is 11.6 Å². The number of amides is 1. The fourth-order valence-electron chi connectivity index (χ4n) is 4.77. The van der Waals surface area contributed by atoms with Crippen LogP contribution in [0.1, 0.15) is 32.6 Å². The van der Waals surface area contributed by atoms with Crippen molar-refractivity contribution in [3.05, 3.63) is 170 Å². The second kappa shape index (κ2) is 14.6. The summed E-state index contributed by atoms with van der Waals surface area (Å²) in [4.78, 5) is 48.3. The van der Waals surface area contributed by atoms with Crippen LogP contribution < -0.4 is 21.3 Å². The number of nitrogens with one attached hydrogen (secondary N) is 2. The Labute approximate surface area is 285 Å². The molecule has 2 aromatic heterocycles. The van der Waals surface area contributed by atoms with Gasteiger partial charge in [-0.3, -0.25) is 14.2 Å². The molecule has 0 aliphatic heterocycles. The van der Waals surface area contributed by atoms with Gasteiger partial charge in [-0.2, -0.15) is 18.2 Å². The Morgan fingerprint density at radius 3 is 2.30 bits per heavy atom. The van der Waals surface area contributed by atoms with E-state index in [4.69, 9.17) is 4.74 Å². The second-order valence-electron chi connectivity index (χ2n) is 10.9. The summed E-state index contributed by atoms with van der Waals surface area (Å²) in [5.74, 6) is -0.0678. The molecule has 4 aromatic carbocycles. The van der Waals surface area contributed by atoms with Crippen molar-refractivity contribution >= 4 is 23.4 Å². The molecule has 0 saturated heterocycles. The molecule has 6 rings (SSSR count). The lowest BCUT2D eigenvalue weighted by Crippen LogP contribution is -2.20. The minimum atomic E-state index is -4.48. The van der Waals surface area contributed by atoms with Gasteiger partial charge in [-0.1, -0.05) is 36.0 Å². The van der Waals surface area contributed by atoms with Gasteiger partial charge in [0.15, 0.2) is 10.9 Å². The number of aromatic amines is 1. The number of nitrogens with zero attached hydrogens (tertiary/aromatic N) is 3. The molecule has 0 fully saturated rings. The van der Waals surface area contributed by atoms with E-state index in [1.54, 1.807) is 71.4 Å². The molecule has 0 aliphatic carbocycles. The Bertz CT molecular complexity index is 2240. The number of H-pyrrole nitrogens is 1. The molecule has 14 heteroatoms. The number of hydrogen-bond donors (Lipinski definition) is 2. The average Bonchev–Trinajstić information content (AvgIpc) is 3.10. The van der Waals surface area contributed by atoms with Crippen LogP contribution in [0, 0.1) is 5.82 Å². The van der Waals surface area contributed by atoms with Crippen LogP contribution in [0.4, 0.5) is 23.2 Å². The molecule has 6 aromatic rings. The van der Waals surface area contributed by atoms with Crippen LogP contribution in [0.3, 0.4) is 0 Å². The third-order valence-corrected chi connectivity index (χ3v) is 8.34. The number of para-hydroxylation sites is 2. The highest BCUT2D eigenvalue weighted by molar-refractivity contribution is 7.98. The lowest BCUT2D eigenvalue weighted by Gasteiger charge is -2.15. The number of aromatic nitrogens is 4. The maximum Gasteiger partial charge on any atom is 0.416 e. The first kappa shape index (κ1) is 33.9. The highest BCUT2D eigenvalue weighted by Crippen LogP contribution is 2.34. The van der Waals surface area contributed by atoms with E-state index in [-0.39, 0.29) is 29.3 Å². The number of ether oxygens (including phenoxy) is 1. The summed E-state index contributed by atoms with van der Waals surface area (Å²) in [6, 6.07) is 23.2. The van der Waals surface area contributed by atoms with E-state index in [1.165, 1.54) is 48.4 Å². The normalized spacial score (nSPS) is 11.3. The zero-order chi connectivity index (χ0) is 35.3. The summed E-state index contributed by atoms with van der Waals surface area (Å²) < 4.78 is 59.8. The van der Waals surface area contributed by atoms with Crippen LogP contribution in [-0.4, -0.2) is 25.4 Å². The fraction of sp³-hybridized carbons (Fsp3) is 0.0833. The summed E-state index contributed by atoms with van der Waals surface area (Å²) in [5, 5.41) is 3.13. The van der Waals surface area contributed by atoms with Gasteiger partial charge in [-0.05, 0) is 83.9 Å². The third kappa shape index (κ3) is 8.33. The standard InChI is InChI=1S/C36H25F4N5O4S/c37-27-11-5-22(6-12-27)21-50-35-44-33(47)25(17-23-18-41-34(48)42-19-23)20-45(35)28-13-7-24(8-14-28)32(46)43-30-3-1-2-4-31(30)49-29-15-9-26(10-16-29)36(38,39)40/h1-16,18-20H,17,21H2,(H,43,46)(H,41,42,48). The molecule has 252 valence electrons. The topological polar surface area (TPSA) is 119 Å². The van der Waals surface area contributed by atoms with E-state index in [1.807, 2.05) is 0 Å². The van der Waals surface area contributed by atoms with E-state index in [0.29, 0.717) is 33.4 Å². The summed E-state index contributed by atoms with van der Waals surface area (Å²) in [6.07, 6.45) is 0.143. The largest absolute Gasteiger partial charge is 0.455 e. The minimum absolute atomic E-state index is 0.146. The number of rotatable bonds is 10. The van der Waals surface area contributed by atoms with Gasteiger partial charge in [-0.25, -0.2) is 14.2 Å². The molecule has 0 radical (unpaired) electrons. The first-order valence-corrected chi connectivity index (χ1v) is 15.9. The number of hydrogen-bond acceptors (Lipinski definition) is 7. The van der Waals surface area contributed by atoms with Crippen molar-refractivity contribution in [2.24, 2.45) is 0 Å². The zero-order valence-electron chi connectivity index (χ0n) is 25.8. The maximum absolute atomic E-state index is 13.4. The predicted octanol–water partition coefficient (Wildman–Crippen LogP) is 7.40. The highest BCUT2D eigenvalue weighted by Gasteiger charge is 2.30. The zero-order valence-corrected chi connectivity index (χ0v) is 26.6. The molecule has 0 saturated carbocycles. The van der Waals surface area contributed by atoms with Crippen LogP contribution in [0.5, 0.6) is 11.5 Å². The smallest absolute Gasteiger partial charge is 0.416 e. The number of carbonyl (C=O) groups excluding carboxylic acids is 1. The Kier molecular flexibility index (Phi) is 9.90. The van der Waals surface area contributed by atoms with Crippen LogP contribution in [0.2, 0.25) is 0 Å². The van der Waals surface area contributed by atoms with Crippen molar-refractivity contribution in [1.82, 2.24) is 19.5 Å². The molecule has 0 bridgehead atoms. The Balaban J connectivity index is 1.24. The summed E-state index contributed by atoms with van der Waals surface area (Å²) in [7, 11) is 0. The molecule has 0 aliphatic rings. The Morgan fingerprint density at radius 1 is 0.900 bits per heavy atom. The van der Waals surface area contributed by atoms with Crippen LogP contribution >= 0.6 is 11.8 Å². The first-order chi connectivity index (χ1) is 24.0. The monoisotopic (exact) mass is 699 g/mol. The summed E-state index contributed by atoms with van der Waals surface area (Å²) in [6.45, 7) is 0. The number of halogens is 4. The van der Waals surface area contributed by atoms with Gasteiger partial charge in [0.05, 0.1) is 11.3 Å². The van der Waals surface area contributed by atoms with Gasteiger partial charge in [0.2, 0.25) is 0 Å². The summed E-state index contributed by atoms with van der Waals surface area (Å²) in [5.41, 5.74) is 1.11. The molecule has 50 heavy (non-hydrogen) atoms. The molecule has 0 atom stereocenters. The van der Waals surface area contributed by atoms with Gasteiger partial charge >= 0.3 is 11.9 Å². The minimum Gasteiger partial charge on any atom is -0.455 e. The van der Waals surface area contributed by atoms with Crippen molar-refractivity contribution in [3.8, 4) is 17.2 Å². The van der Waals surface area contributed by atoms with Crippen molar-refractivity contribution in [1.29, 1.82) is 0 Å². The molecule has 9 nitrogen and oxygen atoms in total. The van der Waals surface area contributed by atoms with E-state index in [9.17, 15) is 31.9 Å². The van der Waals surface area contributed by atoms with Gasteiger partial charge in [0.25, 0.3) is 11.5 Å². The number of anilines is 1. The van der Waals surface area contributed by atoms with E-state index < -0.39 is 28.9 Å². The fourth-order valence-corrected chi connectivity index (χ4v) is 5.70. The maximum atomic E-state index is 13.4. The van der Waals surface area contributed by atoms with E-state index in [0.717, 1.165) is 17.7 Å². The first-order valence-electron chi connectivity index (χ1n) is 14.9. The van der Waals surface area contributed by atoms with Crippen molar-refractivity contribution in [3.63, 3.8) is 0 Å². The van der Waals surface area contributed by atoms with Crippen molar-refractivity contribution < 1.29 is 27.1 Å². The molecular formula is C36H25F4N5O4S. The van der Waals surface area contributed by atoms with Gasteiger partial charge in [-0.15, -0.1) is 0 Å². The molecule has 1 amide bonds. The quantitative estimate of drug-likeness (QED) is 0.0869. The second-order valence-corrected chi connectivity index (χ2v) is 11.8. The van der Waals surface area contributed by atoms with Gasteiger partial charge < -0.3 is 15.0 Å². The van der Waals surface area contributed by atoms with Crippen molar-refractivity contribution in [2.45, 2.75) is 23.5 Å². The SMILES string of the molecule is O=C(Nc1ccccc1Oc1ccc(C(F)(F)F)cc1)c1ccc(-n2cc(Cc3cnc(=O)[nH]c3)c(=O)nc2SCc2ccc(F)cc2)cc1. The molecule has 2 N–H and O–H groups in total. The number of thioether (sulfide) groups is 1. The average molecular weight is 700 g/mol. The number of alkyl halides is 3. The lowest BCUT2D eigenvalue weighted by molar-refractivity contribution is -0.137. The van der Waals surface area contributed by atoms with Crippen molar-refractivity contribution in [2.75, 3.05) is 5.32 Å². The Hall–Kier alpha value is -6.02. The molecule has 0 unspecified atom stereocenters. The van der Waals surface area contributed by atoms with Crippen LogP contribution in [-0.2, 0) is 18.3 Å².